The van der Waals surface area contributed by atoms with Gasteiger partial charge in [-0.05, 0) is 31.5 Å². The van der Waals surface area contributed by atoms with Gasteiger partial charge < -0.3 is 10.1 Å². The molecular formula is C17H18N2O4. The van der Waals surface area contributed by atoms with Crippen LogP contribution in [0, 0.1) is 17.0 Å². The Hall–Kier alpha value is -2.89. The van der Waals surface area contributed by atoms with E-state index in [-0.39, 0.29) is 11.6 Å². The van der Waals surface area contributed by atoms with Crippen LogP contribution in [0.15, 0.2) is 42.5 Å². The van der Waals surface area contributed by atoms with Crippen molar-refractivity contribution in [2.75, 3.05) is 11.9 Å². The molecule has 0 radical (unpaired) electrons. The topological polar surface area (TPSA) is 81.5 Å². The van der Waals surface area contributed by atoms with Crippen LogP contribution in [-0.4, -0.2) is 17.4 Å². The average Bonchev–Trinajstić information content (AvgIpc) is 2.54. The highest BCUT2D eigenvalue weighted by atomic mass is 16.6. The van der Waals surface area contributed by atoms with Gasteiger partial charge in [0.25, 0.3) is 11.6 Å². The molecule has 6 heteroatoms. The third kappa shape index (κ3) is 3.85. The molecule has 0 spiro atoms. The number of para-hydroxylation sites is 1. The number of hydrogen-bond acceptors (Lipinski definition) is 4. The van der Waals surface area contributed by atoms with Gasteiger partial charge in [0, 0.05) is 6.07 Å². The van der Waals surface area contributed by atoms with Crippen LogP contribution in [0.3, 0.4) is 0 Å². The lowest BCUT2D eigenvalue weighted by molar-refractivity contribution is -0.385. The van der Waals surface area contributed by atoms with E-state index in [2.05, 4.69) is 5.32 Å². The molecule has 0 aliphatic carbocycles. The first kappa shape index (κ1) is 16.5. The standard InChI is InChI=1S/C17H18N2O4/c1-3-11-23-16-10-5-4-7-13(16)17(20)18-14-8-6-9-15(12(14)2)19(21)22/h4-10H,3,11H2,1-2H3,(H,18,20). The van der Waals surface area contributed by atoms with Crippen molar-refractivity contribution in [1.82, 2.24) is 0 Å². The third-order valence-corrected chi connectivity index (χ3v) is 3.34. The first-order chi connectivity index (χ1) is 11.0. The highest BCUT2D eigenvalue weighted by Crippen LogP contribution is 2.26. The molecule has 2 aromatic rings. The molecule has 0 aliphatic rings. The fourth-order valence-corrected chi connectivity index (χ4v) is 2.14. The summed E-state index contributed by atoms with van der Waals surface area (Å²) < 4.78 is 5.57. The highest BCUT2D eigenvalue weighted by Gasteiger charge is 2.17. The Labute approximate surface area is 134 Å². The number of anilines is 1. The van der Waals surface area contributed by atoms with E-state index in [0.29, 0.717) is 29.2 Å². The van der Waals surface area contributed by atoms with Crippen LogP contribution in [0.25, 0.3) is 0 Å². The van der Waals surface area contributed by atoms with Gasteiger partial charge in [0.1, 0.15) is 5.75 Å². The second-order valence-electron chi connectivity index (χ2n) is 5.01. The number of nitro benzene ring substituents is 1. The van der Waals surface area contributed by atoms with Gasteiger partial charge in [0.15, 0.2) is 0 Å². The fraction of sp³-hybridized carbons (Fsp3) is 0.235. The summed E-state index contributed by atoms with van der Waals surface area (Å²) in [4.78, 5) is 23.0. The molecule has 2 rings (SSSR count). The molecule has 23 heavy (non-hydrogen) atoms. The van der Waals surface area contributed by atoms with E-state index in [1.807, 2.05) is 6.92 Å². The van der Waals surface area contributed by atoms with Crippen molar-refractivity contribution in [2.24, 2.45) is 0 Å². The summed E-state index contributed by atoms with van der Waals surface area (Å²) >= 11 is 0. The van der Waals surface area contributed by atoms with Crippen LogP contribution in [0.5, 0.6) is 5.75 Å². The monoisotopic (exact) mass is 314 g/mol. The Morgan fingerprint density at radius 3 is 2.65 bits per heavy atom. The van der Waals surface area contributed by atoms with Gasteiger partial charge in [-0.15, -0.1) is 0 Å². The lowest BCUT2D eigenvalue weighted by Crippen LogP contribution is -2.15. The maximum absolute atomic E-state index is 12.5. The summed E-state index contributed by atoms with van der Waals surface area (Å²) in [5.41, 5.74) is 1.19. The zero-order chi connectivity index (χ0) is 16.8. The number of carbonyl (C=O) groups excluding carboxylic acids is 1. The molecule has 2 aromatic carbocycles. The maximum atomic E-state index is 12.5. The number of nitrogens with one attached hydrogen (secondary N) is 1. The predicted molar refractivity (Wildman–Crippen MR) is 88.0 cm³/mol. The van der Waals surface area contributed by atoms with Crippen LogP contribution >= 0.6 is 0 Å². The molecule has 0 saturated heterocycles. The molecule has 0 heterocycles. The zero-order valence-corrected chi connectivity index (χ0v) is 13.0. The van der Waals surface area contributed by atoms with Crippen molar-refractivity contribution in [3.63, 3.8) is 0 Å². The lowest BCUT2D eigenvalue weighted by Gasteiger charge is -2.12. The van der Waals surface area contributed by atoms with Gasteiger partial charge in [0.05, 0.1) is 28.3 Å². The van der Waals surface area contributed by atoms with Crippen LogP contribution < -0.4 is 10.1 Å². The quantitative estimate of drug-likeness (QED) is 0.646. The van der Waals surface area contributed by atoms with Crippen molar-refractivity contribution in [2.45, 2.75) is 20.3 Å². The van der Waals surface area contributed by atoms with Gasteiger partial charge in [0.2, 0.25) is 0 Å². The number of hydrogen-bond donors (Lipinski definition) is 1. The van der Waals surface area contributed by atoms with Crippen molar-refractivity contribution >= 4 is 17.3 Å². The number of ether oxygens (including phenoxy) is 1. The Kier molecular flexibility index (Phi) is 5.30. The number of carbonyl (C=O) groups is 1. The highest BCUT2D eigenvalue weighted by molar-refractivity contribution is 6.06. The Balaban J connectivity index is 2.27. The van der Waals surface area contributed by atoms with E-state index in [1.165, 1.54) is 6.07 Å². The first-order valence-electron chi connectivity index (χ1n) is 7.31. The minimum absolute atomic E-state index is 0.0293. The molecule has 0 bridgehead atoms. The largest absolute Gasteiger partial charge is 0.493 e. The van der Waals surface area contributed by atoms with Crippen molar-refractivity contribution in [3.8, 4) is 5.75 Å². The zero-order valence-electron chi connectivity index (χ0n) is 13.0. The Morgan fingerprint density at radius 1 is 1.22 bits per heavy atom. The minimum atomic E-state index is -0.469. The molecule has 1 amide bonds. The van der Waals surface area contributed by atoms with E-state index in [0.717, 1.165) is 6.42 Å². The lowest BCUT2D eigenvalue weighted by atomic mass is 10.1. The number of benzene rings is 2. The van der Waals surface area contributed by atoms with Crippen molar-refractivity contribution < 1.29 is 14.5 Å². The summed E-state index contributed by atoms with van der Waals surface area (Å²) in [6.07, 6.45) is 0.833. The minimum Gasteiger partial charge on any atom is -0.493 e. The Bertz CT molecular complexity index is 728. The second-order valence-corrected chi connectivity index (χ2v) is 5.01. The normalized spacial score (nSPS) is 10.2. The fourth-order valence-electron chi connectivity index (χ4n) is 2.14. The van der Waals surface area contributed by atoms with E-state index in [1.54, 1.807) is 43.3 Å². The van der Waals surface area contributed by atoms with Crippen molar-refractivity contribution in [1.29, 1.82) is 0 Å². The molecule has 0 aliphatic heterocycles. The maximum Gasteiger partial charge on any atom is 0.274 e. The summed E-state index contributed by atoms with van der Waals surface area (Å²) in [6, 6.07) is 11.5. The van der Waals surface area contributed by atoms with Crippen LogP contribution in [0.4, 0.5) is 11.4 Å². The van der Waals surface area contributed by atoms with Gasteiger partial charge in [-0.2, -0.15) is 0 Å². The van der Waals surface area contributed by atoms with Gasteiger partial charge >= 0.3 is 0 Å². The molecular weight excluding hydrogens is 296 g/mol. The van der Waals surface area contributed by atoms with E-state index >= 15 is 0 Å². The summed E-state index contributed by atoms with van der Waals surface area (Å²) in [5, 5.41) is 13.7. The van der Waals surface area contributed by atoms with Crippen LogP contribution in [0.1, 0.15) is 29.3 Å². The summed E-state index contributed by atoms with van der Waals surface area (Å²) in [7, 11) is 0. The molecule has 120 valence electrons. The first-order valence-corrected chi connectivity index (χ1v) is 7.31. The number of nitrogens with zero attached hydrogens (tertiary/aromatic N) is 1. The van der Waals surface area contributed by atoms with Gasteiger partial charge in [-0.1, -0.05) is 25.1 Å². The van der Waals surface area contributed by atoms with E-state index in [9.17, 15) is 14.9 Å². The molecule has 6 nitrogen and oxygen atoms in total. The molecule has 0 aromatic heterocycles. The van der Waals surface area contributed by atoms with Crippen molar-refractivity contribution in [3.05, 3.63) is 63.7 Å². The smallest absolute Gasteiger partial charge is 0.274 e. The predicted octanol–water partition coefficient (Wildman–Crippen LogP) is 3.94. The number of rotatable bonds is 6. The second kappa shape index (κ2) is 7.40. The average molecular weight is 314 g/mol. The van der Waals surface area contributed by atoms with Gasteiger partial charge in [-0.3, -0.25) is 14.9 Å². The molecule has 0 atom stereocenters. The summed E-state index contributed by atoms with van der Waals surface area (Å²) in [5.74, 6) is 0.134. The molecule has 1 N–H and O–H groups in total. The Morgan fingerprint density at radius 2 is 1.96 bits per heavy atom. The summed E-state index contributed by atoms with van der Waals surface area (Å²) in [6.45, 7) is 4.10. The number of nitro groups is 1. The SMILES string of the molecule is CCCOc1ccccc1C(=O)Nc1cccc([N+](=O)[O-])c1C. The molecule has 0 fully saturated rings. The van der Waals surface area contributed by atoms with E-state index < -0.39 is 4.92 Å². The third-order valence-electron chi connectivity index (χ3n) is 3.34. The number of amides is 1. The van der Waals surface area contributed by atoms with Gasteiger partial charge in [-0.25, -0.2) is 0 Å². The van der Waals surface area contributed by atoms with E-state index in [4.69, 9.17) is 4.74 Å². The molecule has 0 saturated carbocycles. The van der Waals surface area contributed by atoms with Crippen LogP contribution in [-0.2, 0) is 0 Å². The molecule has 0 unspecified atom stereocenters. The van der Waals surface area contributed by atoms with Crippen LogP contribution in [0.2, 0.25) is 0 Å².